The van der Waals surface area contributed by atoms with Gasteiger partial charge in [0.15, 0.2) is 6.10 Å². The lowest BCUT2D eigenvalue weighted by Gasteiger charge is -2.15. The van der Waals surface area contributed by atoms with E-state index in [1.54, 1.807) is 19.1 Å². The van der Waals surface area contributed by atoms with Crippen molar-refractivity contribution in [3.8, 4) is 5.75 Å². The SMILES string of the molecule is C[C@@H](Oc1ccc(Cl)cc1Cl)C(=O)Nc1sc2c(c1C(N)=O)CCC2. The van der Waals surface area contributed by atoms with E-state index in [2.05, 4.69) is 5.32 Å². The van der Waals surface area contributed by atoms with Crippen LogP contribution >= 0.6 is 34.5 Å². The molecule has 0 radical (unpaired) electrons. The third-order valence-electron chi connectivity index (χ3n) is 3.97. The number of carbonyl (C=O) groups is 2. The number of fused-ring (bicyclic) bond motifs is 1. The van der Waals surface area contributed by atoms with Crippen LogP contribution in [0.15, 0.2) is 18.2 Å². The molecule has 0 saturated heterocycles. The summed E-state index contributed by atoms with van der Waals surface area (Å²) >= 11 is 13.3. The van der Waals surface area contributed by atoms with E-state index in [1.807, 2.05) is 0 Å². The maximum atomic E-state index is 12.4. The molecule has 132 valence electrons. The first-order chi connectivity index (χ1) is 11.9. The Hall–Kier alpha value is -1.76. The first-order valence-electron chi connectivity index (χ1n) is 7.73. The largest absolute Gasteiger partial charge is 0.479 e. The Morgan fingerprint density at radius 2 is 2.08 bits per heavy atom. The van der Waals surface area contributed by atoms with E-state index in [0.717, 1.165) is 29.7 Å². The zero-order valence-corrected chi connectivity index (χ0v) is 15.7. The first-order valence-corrected chi connectivity index (χ1v) is 9.31. The Labute approximate surface area is 159 Å². The number of hydrogen-bond acceptors (Lipinski definition) is 4. The molecule has 1 aliphatic rings. The molecule has 2 amide bonds. The van der Waals surface area contributed by atoms with E-state index >= 15 is 0 Å². The van der Waals surface area contributed by atoms with Crippen LogP contribution in [0.25, 0.3) is 0 Å². The number of ether oxygens (including phenoxy) is 1. The number of primary amides is 1. The Morgan fingerprint density at radius 3 is 2.76 bits per heavy atom. The standard InChI is InChI=1S/C17H16Cl2N2O3S/c1-8(24-12-6-5-9(18)7-11(12)19)16(23)21-17-14(15(20)22)10-3-2-4-13(10)25-17/h5-8H,2-4H2,1H3,(H2,20,22)(H,21,23)/t8-/m1/s1. The number of carbonyl (C=O) groups excluding carboxylic acids is 2. The maximum Gasteiger partial charge on any atom is 0.265 e. The average Bonchev–Trinajstić information content (AvgIpc) is 3.09. The van der Waals surface area contributed by atoms with Crippen LogP contribution in [0.3, 0.4) is 0 Å². The number of halogens is 2. The lowest BCUT2D eigenvalue weighted by Crippen LogP contribution is -2.30. The predicted molar refractivity (Wildman–Crippen MR) is 100 cm³/mol. The molecule has 2 aromatic rings. The number of aryl methyl sites for hydroxylation is 1. The highest BCUT2D eigenvalue weighted by molar-refractivity contribution is 7.17. The van der Waals surface area contributed by atoms with Crippen LogP contribution in [-0.4, -0.2) is 17.9 Å². The first kappa shape index (κ1) is 18.0. The van der Waals surface area contributed by atoms with Gasteiger partial charge in [-0.15, -0.1) is 11.3 Å². The smallest absolute Gasteiger partial charge is 0.265 e. The summed E-state index contributed by atoms with van der Waals surface area (Å²) in [5, 5.41) is 4.04. The molecule has 0 aliphatic heterocycles. The lowest BCUT2D eigenvalue weighted by molar-refractivity contribution is -0.122. The van der Waals surface area contributed by atoms with Gasteiger partial charge in [0.1, 0.15) is 10.8 Å². The Balaban J connectivity index is 1.75. The van der Waals surface area contributed by atoms with Crippen molar-refractivity contribution < 1.29 is 14.3 Å². The third kappa shape index (κ3) is 3.76. The second kappa shape index (κ2) is 7.23. The van der Waals surface area contributed by atoms with Gasteiger partial charge in [-0.3, -0.25) is 9.59 Å². The molecule has 1 aliphatic carbocycles. The molecular weight excluding hydrogens is 383 g/mol. The predicted octanol–water partition coefficient (Wildman–Crippen LogP) is 4.05. The molecule has 3 N–H and O–H groups in total. The van der Waals surface area contributed by atoms with Gasteiger partial charge < -0.3 is 15.8 Å². The van der Waals surface area contributed by atoms with Crippen molar-refractivity contribution in [3.05, 3.63) is 44.2 Å². The lowest BCUT2D eigenvalue weighted by atomic mass is 10.1. The molecule has 0 bridgehead atoms. The Kier molecular flexibility index (Phi) is 5.22. The van der Waals surface area contributed by atoms with Gasteiger partial charge in [0.25, 0.3) is 11.8 Å². The minimum Gasteiger partial charge on any atom is -0.479 e. The molecule has 1 aromatic carbocycles. The van der Waals surface area contributed by atoms with Gasteiger partial charge in [-0.25, -0.2) is 0 Å². The molecule has 5 nitrogen and oxygen atoms in total. The highest BCUT2D eigenvalue weighted by Crippen LogP contribution is 2.39. The van der Waals surface area contributed by atoms with Crippen molar-refractivity contribution in [2.45, 2.75) is 32.3 Å². The molecule has 0 unspecified atom stereocenters. The van der Waals surface area contributed by atoms with E-state index in [0.29, 0.717) is 26.4 Å². The van der Waals surface area contributed by atoms with Crippen molar-refractivity contribution in [3.63, 3.8) is 0 Å². The Bertz CT molecular complexity index is 851. The van der Waals surface area contributed by atoms with Gasteiger partial charge in [0, 0.05) is 9.90 Å². The summed E-state index contributed by atoms with van der Waals surface area (Å²) < 4.78 is 5.60. The molecule has 3 rings (SSSR count). The van der Waals surface area contributed by atoms with E-state index in [-0.39, 0.29) is 5.91 Å². The zero-order chi connectivity index (χ0) is 18.1. The summed E-state index contributed by atoms with van der Waals surface area (Å²) in [6, 6.07) is 4.77. The number of anilines is 1. The molecule has 1 atom stereocenters. The quantitative estimate of drug-likeness (QED) is 0.796. The van der Waals surface area contributed by atoms with Crippen LogP contribution in [0, 0.1) is 0 Å². The van der Waals surface area contributed by atoms with Crippen LogP contribution < -0.4 is 15.8 Å². The summed E-state index contributed by atoms with van der Waals surface area (Å²) in [6.07, 6.45) is 1.91. The van der Waals surface area contributed by atoms with Crippen LogP contribution in [0.5, 0.6) is 5.75 Å². The third-order valence-corrected chi connectivity index (χ3v) is 5.71. The molecule has 1 aromatic heterocycles. The van der Waals surface area contributed by atoms with Gasteiger partial charge >= 0.3 is 0 Å². The van der Waals surface area contributed by atoms with Crippen LogP contribution in [0.2, 0.25) is 10.0 Å². The van der Waals surface area contributed by atoms with Gasteiger partial charge in [-0.1, -0.05) is 23.2 Å². The van der Waals surface area contributed by atoms with Crippen LogP contribution in [0.1, 0.15) is 34.1 Å². The number of hydrogen-bond donors (Lipinski definition) is 2. The number of amides is 2. The van der Waals surface area contributed by atoms with Crippen molar-refractivity contribution in [2.24, 2.45) is 5.73 Å². The Morgan fingerprint density at radius 1 is 1.32 bits per heavy atom. The molecule has 25 heavy (non-hydrogen) atoms. The van der Waals surface area contributed by atoms with Gasteiger partial charge in [-0.2, -0.15) is 0 Å². The number of benzene rings is 1. The fourth-order valence-corrected chi connectivity index (χ4v) is 4.53. The number of thiophene rings is 1. The van der Waals surface area contributed by atoms with Gasteiger partial charge in [0.2, 0.25) is 0 Å². The van der Waals surface area contributed by atoms with E-state index in [9.17, 15) is 9.59 Å². The fourth-order valence-electron chi connectivity index (χ4n) is 2.78. The molecule has 1 heterocycles. The van der Waals surface area contributed by atoms with E-state index in [1.165, 1.54) is 17.4 Å². The number of nitrogens with one attached hydrogen (secondary N) is 1. The highest BCUT2D eigenvalue weighted by Gasteiger charge is 2.27. The maximum absolute atomic E-state index is 12.4. The average molecular weight is 399 g/mol. The minimum absolute atomic E-state index is 0.320. The summed E-state index contributed by atoms with van der Waals surface area (Å²) in [5.74, 6) is -0.546. The second-order valence-corrected chi connectivity index (χ2v) is 7.70. The number of nitrogens with two attached hydrogens (primary N) is 1. The van der Waals surface area contributed by atoms with Gasteiger partial charge in [0.05, 0.1) is 10.6 Å². The molecule has 0 saturated carbocycles. The fraction of sp³-hybridized carbons (Fsp3) is 0.294. The minimum atomic E-state index is -0.809. The van der Waals surface area contributed by atoms with Crippen LogP contribution in [-0.2, 0) is 17.6 Å². The molecule has 8 heteroatoms. The number of rotatable bonds is 5. The van der Waals surface area contributed by atoms with Crippen LogP contribution in [0.4, 0.5) is 5.00 Å². The highest BCUT2D eigenvalue weighted by atomic mass is 35.5. The monoisotopic (exact) mass is 398 g/mol. The van der Waals surface area contributed by atoms with Crippen molar-refractivity contribution >= 4 is 51.4 Å². The normalized spacial score (nSPS) is 14.0. The molecule has 0 fully saturated rings. The van der Waals surface area contributed by atoms with Crippen molar-refractivity contribution in [1.82, 2.24) is 0 Å². The summed E-state index contributed by atoms with van der Waals surface area (Å²) in [7, 11) is 0. The van der Waals surface area contributed by atoms with Crippen molar-refractivity contribution in [1.29, 1.82) is 0 Å². The summed E-state index contributed by atoms with van der Waals surface area (Å²) in [4.78, 5) is 25.3. The summed E-state index contributed by atoms with van der Waals surface area (Å²) in [5.41, 5.74) is 6.88. The van der Waals surface area contributed by atoms with Gasteiger partial charge in [-0.05, 0) is 49.9 Å². The summed E-state index contributed by atoms with van der Waals surface area (Å²) in [6.45, 7) is 1.60. The topological polar surface area (TPSA) is 81.4 Å². The molecule has 0 spiro atoms. The zero-order valence-electron chi connectivity index (χ0n) is 13.4. The van der Waals surface area contributed by atoms with E-state index < -0.39 is 12.0 Å². The van der Waals surface area contributed by atoms with Crippen molar-refractivity contribution in [2.75, 3.05) is 5.32 Å². The molecular formula is C17H16Cl2N2O3S. The van der Waals surface area contributed by atoms with E-state index in [4.69, 9.17) is 33.7 Å². The second-order valence-electron chi connectivity index (χ2n) is 5.75.